The van der Waals surface area contributed by atoms with Gasteiger partial charge in [0.05, 0.1) is 29.8 Å². The first-order chi connectivity index (χ1) is 13.6. The topological polar surface area (TPSA) is 87.5 Å². The predicted molar refractivity (Wildman–Crippen MR) is 103 cm³/mol. The Balaban J connectivity index is 2.34. The van der Waals surface area contributed by atoms with E-state index in [-0.39, 0.29) is 24.6 Å². The zero-order valence-electron chi connectivity index (χ0n) is 15.6. The standard InChI is InChI=1S/C21H20N2O5/c1-3-27-20(25)17(21(26)28-4-2)18-22-16-13-9-8-12-15(16)19(24)23(18)14-10-6-5-7-11-14/h5-13,17H,3-4H2,1-2H3. The number of ether oxygens (including phenoxy) is 2. The molecule has 0 spiro atoms. The maximum Gasteiger partial charge on any atom is 0.328 e. The van der Waals surface area contributed by atoms with Gasteiger partial charge in [0.1, 0.15) is 5.82 Å². The minimum absolute atomic E-state index is 0.0354. The molecule has 1 heterocycles. The second-order valence-electron chi connectivity index (χ2n) is 5.90. The number of rotatable bonds is 6. The summed E-state index contributed by atoms with van der Waals surface area (Å²) in [5.74, 6) is -3.13. The normalized spacial score (nSPS) is 10.8. The van der Waals surface area contributed by atoms with Gasteiger partial charge in [0.2, 0.25) is 5.92 Å². The van der Waals surface area contributed by atoms with Crippen LogP contribution in [-0.2, 0) is 19.1 Å². The molecule has 144 valence electrons. The van der Waals surface area contributed by atoms with Crippen LogP contribution in [0.1, 0.15) is 25.6 Å². The zero-order valence-corrected chi connectivity index (χ0v) is 15.6. The quantitative estimate of drug-likeness (QED) is 0.483. The molecule has 0 fully saturated rings. The van der Waals surface area contributed by atoms with Gasteiger partial charge in [0.15, 0.2) is 0 Å². The van der Waals surface area contributed by atoms with Gasteiger partial charge < -0.3 is 9.47 Å². The molecule has 0 bridgehead atoms. The van der Waals surface area contributed by atoms with Gasteiger partial charge in [0.25, 0.3) is 5.56 Å². The second-order valence-corrected chi connectivity index (χ2v) is 5.90. The summed E-state index contributed by atoms with van der Waals surface area (Å²) >= 11 is 0. The van der Waals surface area contributed by atoms with E-state index in [1.165, 1.54) is 4.57 Å². The molecule has 0 unspecified atom stereocenters. The van der Waals surface area contributed by atoms with Gasteiger partial charge in [-0.15, -0.1) is 0 Å². The Morgan fingerprint density at radius 1 is 0.929 bits per heavy atom. The second kappa shape index (κ2) is 8.47. The Labute approximate surface area is 161 Å². The molecule has 3 aromatic rings. The summed E-state index contributed by atoms with van der Waals surface area (Å²) in [5.41, 5.74) is 0.484. The highest BCUT2D eigenvalue weighted by molar-refractivity contribution is 6.00. The summed E-state index contributed by atoms with van der Waals surface area (Å²) in [7, 11) is 0. The van der Waals surface area contributed by atoms with Crippen molar-refractivity contribution in [1.82, 2.24) is 9.55 Å². The fourth-order valence-corrected chi connectivity index (χ4v) is 2.93. The van der Waals surface area contributed by atoms with E-state index in [1.54, 1.807) is 68.4 Å². The number of hydrogen-bond donors (Lipinski definition) is 0. The summed E-state index contributed by atoms with van der Waals surface area (Å²) in [4.78, 5) is 42.9. The number of aromatic nitrogens is 2. The van der Waals surface area contributed by atoms with Crippen LogP contribution in [0.25, 0.3) is 16.6 Å². The first-order valence-corrected chi connectivity index (χ1v) is 8.98. The average molecular weight is 380 g/mol. The highest BCUT2D eigenvalue weighted by Gasteiger charge is 2.36. The summed E-state index contributed by atoms with van der Waals surface area (Å²) in [5, 5.41) is 0.376. The van der Waals surface area contributed by atoms with Crippen molar-refractivity contribution in [3.8, 4) is 5.69 Å². The van der Waals surface area contributed by atoms with Crippen molar-refractivity contribution < 1.29 is 19.1 Å². The van der Waals surface area contributed by atoms with Gasteiger partial charge in [0, 0.05) is 0 Å². The molecule has 7 heteroatoms. The lowest BCUT2D eigenvalue weighted by atomic mass is 10.1. The molecule has 0 aliphatic rings. The summed E-state index contributed by atoms with van der Waals surface area (Å²) < 4.78 is 11.4. The fourth-order valence-electron chi connectivity index (χ4n) is 2.93. The van der Waals surface area contributed by atoms with Crippen molar-refractivity contribution in [2.24, 2.45) is 0 Å². The Kier molecular flexibility index (Phi) is 5.84. The van der Waals surface area contributed by atoms with E-state index < -0.39 is 17.9 Å². The van der Waals surface area contributed by atoms with Crippen molar-refractivity contribution in [2.45, 2.75) is 19.8 Å². The van der Waals surface area contributed by atoms with Crippen molar-refractivity contribution in [3.05, 3.63) is 70.8 Å². The first kappa shape index (κ1) is 19.3. The Bertz CT molecular complexity index is 1040. The van der Waals surface area contributed by atoms with Crippen LogP contribution >= 0.6 is 0 Å². The lowest BCUT2D eigenvalue weighted by Crippen LogP contribution is -2.34. The molecule has 0 amide bonds. The van der Waals surface area contributed by atoms with Crippen LogP contribution in [0.3, 0.4) is 0 Å². The monoisotopic (exact) mass is 380 g/mol. The van der Waals surface area contributed by atoms with E-state index in [9.17, 15) is 14.4 Å². The molecule has 7 nitrogen and oxygen atoms in total. The van der Waals surface area contributed by atoms with Gasteiger partial charge in [-0.2, -0.15) is 0 Å². The largest absolute Gasteiger partial charge is 0.465 e. The first-order valence-electron chi connectivity index (χ1n) is 8.98. The van der Waals surface area contributed by atoms with Crippen LogP contribution in [0.5, 0.6) is 0 Å². The molecular weight excluding hydrogens is 360 g/mol. The molecule has 28 heavy (non-hydrogen) atoms. The zero-order chi connectivity index (χ0) is 20.1. The minimum atomic E-state index is -1.47. The van der Waals surface area contributed by atoms with Crippen molar-refractivity contribution in [1.29, 1.82) is 0 Å². The number of benzene rings is 2. The number of nitrogens with zero attached hydrogens (tertiary/aromatic N) is 2. The lowest BCUT2D eigenvalue weighted by Gasteiger charge is -2.19. The van der Waals surface area contributed by atoms with E-state index >= 15 is 0 Å². The molecule has 0 radical (unpaired) electrons. The predicted octanol–water partition coefficient (Wildman–Crippen LogP) is 2.60. The van der Waals surface area contributed by atoms with E-state index in [0.717, 1.165) is 0 Å². The summed E-state index contributed by atoms with van der Waals surface area (Å²) in [6.45, 7) is 3.44. The SMILES string of the molecule is CCOC(=O)C(C(=O)OCC)c1nc2ccccc2c(=O)n1-c1ccccc1. The van der Waals surface area contributed by atoms with Crippen LogP contribution < -0.4 is 5.56 Å². The lowest BCUT2D eigenvalue weighted by molar-refractivity contribution is -0.157. The van der Waals surface area contributed by atoms with Crippen LogP contribution in [0.15, 0.2) is 59.4 Å². The van der Waals surface area contributed by atoms with E-state index in [0.29, 0.717) is 16.6 Å². The maximum atomic E-state index is 13.2. The molecular formula is C21H20N2O5. The Hall–Kier alpha value is -3.48. The molecule has 0 atom stereocenters. The summed E-state index contributed by atoms with van der Waals surface area (Å²) in [6.07, 6.45) is 0. The highest BCUT2D eigenvalue weighted by Crippen LogP contribution is 2.22. The third-order valence-electron chi connectivity index (χ3n) is 4.12. The highest BCUT2D eigenvalue weighted by atomic mass is 16.6. The van der Waals surface area contributed by atoms with Crippen molar-refractivity contribution in [2.75, 3.05) is 13.2 Å². The molecule has 3 rings (SSSR count). The Morgan fingerprint density at radius 2 is 1.50 bits per heavy atom. The molecule has 0 aliphatic heterocycles. The third-order valence-corrected chi connectivity index (χ3v) is 4.12. The fraction of sp³-hybridized carbons (Fsp3) is 0.238. The smallest absolute Gasteiger partial charge is 0.328 e. The van der Waals surface area contributed by atoms with Gasteiger partial charge in [-0.05, 0) is 38.1 Å². The van der Waals surface area contributed by atoms with E-state index in [1.807, 2.05) is 0 Å². The van der Waals surface area contributed by atoms with E-state index in [4.69, 9.17) is 9.47 Å². The van der Waals surface area contributed by atoms with Gasteiger partial charge in [-0.3, -0.25) is 19.0 Å². The molecule has 0 saturated carbocycles. The number of esters is 2. The van der Waals surface area contributed by atoms with Gasteiger partial charge in [-0.25, -0.2) is 4.98 Å². The third kappa shape index (κ3) is 3.64. The number of carbonyl (C=O) groups excluding carboxylic acids is 2. The Morgan fingerprint density at radius 3 is 2.11 bits per heavy atom. The van der Waals surface area contributed by atoms with Crippen LogP contribution in [-0.4, -0.2) is 34.7 Å². The van der Waals surface area contributed by atoms with E-state index in [2.05, 4.69) is 4.98 Å². The van der Waals surface area contributed by atoms with Crippen LogP contribution in [0.4, 0.5) is 0 Å². The minimum Gasteiger partial charge on any atom is -0.465 e. The van der Waals surface area contributed by atoms with Gasteiger partial charge in [-0.1, -0.05) is 30.3 Å². The van der Waals surface area contributed by atoms with Crippen LogP contribution in [0, 0.1) is 0 Å². The molecule has 2 aromatic carbocycles. The number of carbonyl (C=O) groups is 2. The molecule has 0 N–H and O–H groups in total. The maximum absolute atomic E-state index is 13.2. The number of fused-ring (bicyclic) bond motifs is 1. The average Bonchev–Trinajstić information content (AvgIpc) is 2.69. The summed E-state index contributed by atoms with van der Waals surface area (Å²) in [6, 6.07) is 15.5. The van der Waals surface area contributed by atoms with Crippen molar-refractivity contribution in [3.63, 3.8) is 0 Å². The van der Waals surface area contributed by atoms with Crippen LogP contribution in [0.2, 0.25) is 0 Å². The molecule has 0 aliphatic carbocycles. The number of hydrogen-bond acceptors (Lipinski definition) is 6. The molecule has 0 saturated heterocycles. The van der Waals surface area contributed by atoms with Gasteiger partial charge >= 0.3 is 11.9 Å². The molecule has 1 aromatic heterocycles. The number of para-hydroxylation sites is 2. The van der Waals surface area contributed by atoms with Crippen molar-refractivity contribution >= 4 is 22.8 Å².